The van der Waals surface area contributed by atoms with Crippen LogP contribution in [0.1, 0.15) is 31.1 Å². The lowest BCUT2D eigenvalue weighted by molar-refractivity contribution is 0.0366. The zero-order valence-electron chi connectivity index (χ0n) is 9.78. The number of hydrogen-bond donors (Lipinski definition) is 2. The van der Waals surface area contributed by atoms with Gasteiger partial charge in [0.15, 0.2) is 0 Å². The molecule has 0 aromatic carbocycles. The van der Waals surface area contributed by atoms with Crippen molar-refractivity contribution in [2.75, 3.05) is 12.0 Å². The van der Waals surface area contributed by atoms with Gasteiger partial charge in [0.05, 0.1) is 12.2 Å². The van der Waals surface area contributed by atoms with Crippen LogP contribution in [0.25, 0.3) is 0 Å². The number of ether oxygens (including phenoxy) is 1. The van der Waals surface area contributed by atoms with Crippen molar-refractivity contribution in [3.8, 4) is 0 Å². The number of esters is 1. The minimum Gasteiger partial charge on any atom is -0.461 e. The van der Waals surface area contributed by atoms with Crippen LogP contribution in [0.2, 0.25) is 0 Å². The number of nitrogens with two attached hydrogens (primary N) is 1. The first-order valence-electron chi connectivity index (χ1n) is 5.02. The lowest BCUT2D eigenvalue weighted by Crippen LogP contribution is -2.18. The zero-order chi connectivity index (χ0) is 12.2. The molecular weight excluding hydrogens is 206 g/mol. The van der Waals surface area contributed by atoms with Gasteiger partial charge in [0.1, 0.15) is 5.82 Å². The molecule has 0 radical (unpaired) electrons. The van der Waals surface area contributed by atoms with Crippen molar-refractivity contribution < 1.29 is 9.53 Å². The smallest absolute Gasteiger partial charge is 0.339 e. The number of hydrogen-bond acceptors (Lipinski definition) is 5. The Morgan fingerprint density at radius 2 is 2.19 bits per heavy atom. The number of pyridine rings is 1. The number of nitrogens with zero attached hydrogens (tertiary/aromatic N) is 1. The Hall–Kier alpha value is -1.62. The third-order valence-corrected chi connectivity index (χ3v) is 1.78. The first kappa shape index (κ1) is 12.4. The number of carbonyl (C=O) groups excluding carboxylic acids is 1. The van der Waals surface area contributed by atoms with Gasteiger partial charge < -0.3 is 10.2 Å². The Labute approximate surface area is 95.0 Å². The number of rotatable bonds is 3. The van der Waals surface area contributed by atoms with Crippen molar-refractivity contribution in [3.63, 3.8) is 0 Å². The molecule has 1 rings (SSSR count). The summed E-state index contributed by atoms with van der Waals surface area (Å²) in [4.78, 5) is 15.5. The summed E-state index contributed by atoms with van der Waals surface area (Å²) in [6, 6.07) is 3.24. The number of hydrazine groups is 1. The fourth-order valence-electron chi connectivity index (χ4n) is 0.965. The summed E-state index contributed by atoms with van der Waals surface area (Å²) in [5.41, 5.74) is 2.77. The first-order valence-corrected chi connectivity index (χ1v) is 5.02. The van der Waals surface area contributed by atoms with E-state index in [1.807, 2.05) is 20.8 Å². The Morgan fingerprint density at radius 3 is 2.62 bits per heavy atom. The number of nitrogens with one attached hydrogen (secondary N) is 1. The van der Waals surface area contributed by atoms with Crippen LogP contribution in [0.3, 0.4) is 0 Å². The molecule has 0 saturated heterocycles. The second-order valence-corrected chi connectivity index (χ2v) is 4.71. The van der Waals surface area contributed by atoms with E-state index in [0.29, 0.717) is 18.0 Å². The molecule has 0 bridgehead atoms. The van der Waals surface area contributed by atoms with Gasteiger partial charge in [-0.1, -0.05) is 20.8 Å². The average Bonchev–Trinajstić information content (AvgIpc) is 2.25. The van der Waals surface area contributed by atoms with E-state index in [1.54, 1.807) is 12.1 Å². The summed E-state index contributed by atoms with van der Waals surface area (Å²) < 4.78 is 5.14. The summed E-state index contributed by atoms with van der Waals surface area (Å²) in [7, 11) is 0. The highest BCUT2D eigenvalue weighted by molar-refractivity contribution is 5.89. The maximum absolute atomic E-state index is 11.6. The largest absolute Gasteiger partial charge is 0.461 e. The van der Waals surface area contributed by atoms with Crippen LogP contribution >= 0.6 is 0 Å². The standard InChI is InChI=1S/C11H17N3O2/c1-11(2,3)7-16-10(15)8-4-5-9(14-12)13-6-8/h4-6H,7,12H2,1-3H3,(H,13,14). The number of anilines is 1. The second-order valence-electron chi connectivity index (χ2n) is 4.71. The van der Waals surface area contributed by atoms with E-state index in [4.69, 9.17) is 10.6 Å². The maximum atomic E-state index is 11.6. The third kappa shape index (κ3) is 3.86. The molecule has 1 aromatic rings. The predicted molar refractivity (Wildman–Crippen MR) is 61.8 cm³/mol. The molecule has 0 fully saturated rings. The first-order chi connectivity index (χ1) is 7.42. The Bertz CT molecular complexity index is 354. The van der Waals surface area contributed by atoms with Gasteiger partial charge in [-0.2, -0.15) is 0 Å². The highest BCUT2D eigenvalue weighted by atomic mass is 16.5. The minimum atomic E-state index is -0.369. The topological polar surface area (TPSA) is 77.2 Å². The van der Waals surface area contributed by atoms with E-state index in [-0.39, 0.29) is 11.4 Å². The zero-order valence-corrected chi connectivity index (χ0v) is 9.78. The average molecular weight is 223 g/mol. The van der Waals surface area contributed by atoms with E-state index < -0.39 is 0 Å². The van der Waals surface area contributed by atoms with Crippen molar-refractivity contribution in [3.05, 3.63) is 23.9 Å². The monoisotopic (exact) mass is 223 g/mol. The van der Waals surface area contributed by atoms with Gasteiger partial charge in [-0.25, -0.2) is 15.6 Å². The molecule has 0 saturated carbocycles. The van der Waals surface area contributed by atoms with Crippen LogP contribution in [0, 0.1) is 5.41 Å². The Morgan fingerprint density at radius 1 is 1.50 bits per heavy atom. The summed E-state index contributed by atoms with van der Waals surface area (Å²) in [6.45, 7) is 6.38. The molecule has 1 aromatic heterocycles. The van der Waals surface area contributed by atoms with Crippen LogP contribution in [-0.4, -0.2) is 17.6 Å². The van der Waals surface area contributed by atoms with Crippen molar-refractivity contribution in [1.29, 1.82) is 0 Å². The molecule has 0 atom stereocenters. The highest BCUT2D eigenvalue weighted by Gasteiger charge is 2.15. The van der Waals surface area contributed by atoms with Gasteiger partial charge in [-0.3, -0.25) is 0 Å². The van der Waals surface area contributed by atoms with Crippen molar-refractivity contribution in [2.45, 2.75) is 20.8 Å². The normalized spacial score (nSPS) is 11.0. The molecule has 0 amide bonds. The lowest BCUT2D eigenvalue weighted by atomic mass is 9.99. The van der Waals surface area contributed by atoms with E-state index in [9.17, 15) is 4.79 Å². The van der Waals surface area contributed by atoms with Gasteiger partial charge in [0.25, 0.3) is 0 Å². The van der Waals surface area contributed by atoms with Gasteiger partial charge in [0.2, 0.25) is 0 Å². The quantitative estimate of drug-likeness (QED) is 0.462. The SMILES string of the molecule is CC(C)(C)COC(=O)c1ccc(NN)nc1. The molecule has 5 heteroatoms. The molecule has 3 N–H and O–H groups in total. The van der Waals surface area contributed by atoms with Crippen molar-refractivity contribution >= 4 is 11.8 Å². The fourth-order valence-corrected chi connectivity index (χ4v) is 0.965. The lowest BCUT2D eigenvalue weighted by Gasteiger charge is -2.17. The van der Waals surface area contributed by atoms with E-state index in [2.05, 4.69) is 10.4 Å². The van der Waals surface area contributed by atoms with Gasteiger partial charge in [-0.15, -0.1) is 0 Å². The van der Waals surface area contributed by atoms with Crippen LogP contribution in [-0.2, 0) is 4.74 Å². The van der Waals surface area contributed by atoms with Crippen LogP contribution in [0.5, 0.6) is 0 Å². The van der Waals surface area contributed by atoms with Crippen molar-refractivity contribution in [1.82, 2.24) is 4.98 Å². The molecule has 0 aliphatic heterocycles. The van der Waals surface area contributed by atoms with Crippen molar-refractivity contribution in [2.24, 2.45) is 11.3 Å². The van der Waals surface area contributed by atoms with Crippen LogP contribution < -0.4 is 11.3 Å². The molecule has 0 aliphatic carbocycles. The third-order valence-electron chi connectivity index (χ3n) is 1.78. The summed E-state index contributed by atoms with van der Waals surface area (Å²) in [6.07, 6.45) is 1.43. The number of nitrogen functional groups attached to an aromatic ring is 1. The molecule has 88 valence electrons. The molecule has 0 unspecified atom stereocenters. The molecule has 16 heavy (non-hydrogen) atoms. The predicted octanol–water partition coefficient (Wildman–Crippen LogP) is 1.57. The fraction of sp³-hybridized carbons (Fsp3) is 0.455. The Kier molecular flexibility index (Phi) is 3.84. The molecular formula is C11H17N3O2. The number of carbonyl (C=O) groups is 1. The van der Waals surface area contributed by atoms with Crippen LogP contribution in [0.4, 0.5) is 5.82 Å². The van der Waals surface area contributed by atoms with E-state index in [0.717, 1.165) is 0 Å². The Balaban J connectivity index is 2.59. The summed E-state index contributed by atoms with van der Waals surface area (Å²) in [5.74, 6) is 5.30. The van der Waals surface area contributed by atoms with E-state index in [1.165, 1.54) is 6.20 Å². The molecule has 5 nitrogen and oxygen atoms in total. The molecule has 0 aliphatic rings. The number of aromatic nitrogens is 1. The molecule has 1 heterocycles. The van der Waals surface area contributed by atoms with Gasteiger partial charge in [0, 0.05) is 6.20 Å². The van der Waals surface area contributed by atoms with Crippen LogP contribution in [0.15, 0.2) is 18.3 Å². The van der Waals surface area contributed by atoms with Gasteiger partial charge >= 0.3 is 5.97 Å². The highest BCUT2D eigenvalue weighted by Crippen LogP contribution is 2.14. The summed E-state index contributed by atoms with van der Waals surface area (Å²) >= 11 is 0. The van der Waals surface area contributed by atoms with E-state index >= 15 is 0 Å². The second kappa shape index (κ2) is 4.94. The molecule has 0 spiro atoms. The summed E-state index contributed by atoms with van der Waals surface area (Å²) in [5, 5.41) is 0. The maximum Gasteiger partial charge on any atom is 0.339 e. The minimum absolute atomic E-state index is 0.0398. The van der Waals surface area contributed by atoms with Gasteiger partial charge in [-0.05, 0) is 17.5 Å².